The van der Waals surface area contributed by atoms with Crippen LogP contribution in [0.25, 0.3) is 0 Å². The van der Waals surface area contributed by atoms with Gasteiger partial charge >= 0.3 is 0 Å². The van der Waals surface area contributed by atoms with Crippen molar-refractivity contribution in [1.29, 1.82) is 0 Å². The van der Waals surface area contributed by atoms with Crippen LogP contribution in [-0.4, -0.2) is 14.2 Å². The van der Waals surface area contributed by atoms with Gasteiger partial charge in [-0.1, -0.05) is 18.2 Å². The molecule has 0 aromatic rings. The molecule has 10 heavy (non-hydrogen) atoms. The van der Waals surface area contributed by atoms with Crippen molar-refractivity contribution in [2.45, 2.75) is 12.8 Å². The number of hydrogen-bond acceptors (Lipinski definition) is 2. The summed E-state index contributed by atoms with van der Waals surface area (Å²) in [6, 6.07) is 0. The first-order valence-electron chi connectivity index (χ1n) is 3.26. The van der Waals surface area contributed by atoms with Gasteiger partial charge in [0.05, 0.1) is 5.75 Å². The van der Waals surface area contributed by atoms with Gasteiger partial charge < -0.3 is 0 Å². The van der Waals surface area contributed by atoms with Crippen LogP contribution in [0.1, 0.15) is 12.8 Å². The monoisotopic (exact) mass is 158 g/mol. The van der Waals surface area contributed by atoms with Crippen molar-refractivity contribution in [3.63, 3.8) is 0 Å². The molecule has 0 spiro atoms. The Labute approximate surface area is 62.2 Å². The Morgan fingerprint density at radius 2 is 2.20 bits per heavy atom. The number of rotatable bonds is 2. The van der Waals surface area contributed by atoms with Gasteiger partial charge in [-0.05, 0) is 18.4 Å². The SMILES string of the molecule is O=[SH](=O)CC1=CCCC=C1. The minimum absolute atomic E-state index is 0.200. The zero-order chi connectivity index (χ0) is 7.40. The fourth-order valence-electron chi connectivity index (χ4n) is 0.934. The number of allylic oxidation sites excluding steroid dienone is 3. The van der Waals surface area contributed by atoms with E-state index < -0.39 is 10.7 Å². The first-order valence-corrected chi connectivity index (χ1v) is 4.62. The van der Waals surface area contributed by atoms with Crippen LogP contribution in [0.15, 0.2) is 23.8 Å². The van der Waals surface area contributed by atoms with Crippen LogP contribution in [0.3, 0.4) is 0 Å². The van der Waals surface area contributed by atoms with E-state index in [1.807, 2.05) is 18.2 Å². The molecule has 0 N–H and O–H groups in total. The second kappa shape index (κ2) is 3.56. The van der Waals surface area contributed by atoms with Gasteiger partial charge in [0, 0.05) is 0 Å². The summed E-state index contributed by atoms with van der Waals surface area (Å²) in [4.78, 5) is 0. The molecule has 0 aromatic heterocycles. The lowest BCUT2D eigenvalue weighted by Crippen LogP contribution is -1.93. The highest BCUT2D eigenvalue weighted by molar-refractivity contribution is 7.72. The molecule has 0 bridgehead atoms. The number of thiol groups is 1. The molecule has 0 saturated carbocycles. The topological polar surface area (TPSA) is 34.1 Å². The molecule has 0 heterocycles. The van der Waals surface area contributed by atoms with Crippen molar-refractivity contribution in [1.82, 2.24) is 0 Å². The normalized spacial score (nSPS) is 17.5. The Morgan fingerprint density at radius 1 is 1.40 bits per heavy atom. The summed E-state index contributed by atoms with van der Waals surface area (Å²) in [5.41, 5.74) is 0.933. The molecule has 0 saturated heterocycles. The van der Waals surface area contributed by atoms with E-state index in [1.165, 1.54) is 0 Å². The lowest BCUT2D eigenvalue weighted by atomic mass is 10.1. The molecule has 56 valence electrons. The summed E-state index contributed by atoms with van der Waals surface area (Å²) in [6.07, 6.45) is 7.89. The van der Waals surface area contributed by atoms with Crippen LogP contribution in [-0.2, 0) is 10.7 Å². The quantitative estimate of drug-likeness (QED) is 0.605. The highest BCUT2D eigenvalue weighted by atomic mass is 32.2. The smallest absolute Gasteiger partial charge is 0.144 e. The first kappa shape index (κ1) is 7.54. The highest BCUT2D eigenvalue weighted by Gasteiger charge is 1.96. The fourth-order valence-corrected chi connectivity index (χ4v) is 1.47. The largest absolute Gasteiger partial charge is 0.232 e. The van der Waals surface area contributed by atoms with E-state index in [0.29, 0.717) is 0 Å². The first-order chi connectivity index (χ1) is 4.79. The van der Waals surface area contributed by atoms with Crippen molar-refractivity contribution in [3.05, 3.63) is 23.8 Å². The third kappa shape index (κ3) is 2.35. The summed E-state index contributed by atoms with van der Waals surface area (Å²) in [5.74, 6) is 0.200. The Hall–Kier alpha value is -0.570. The van der Waals surface area contributed by atoms with Crippen LogP contribution >= 0.6 is 0 Å². The molecule has 0 unspecified atom stereocenters. The van der Waals surface area contributed by atoms with Gasteiger partial charge in [-0.2, -0.15) is 0 Å². The summed E-state index contributed by atoms with van der Waals surface area (Å²) in [6.45, 7) is 0. The molecular formula is C7H10O2S. The van der Waals surface area contributed by atoms with Gasteiger partial charge in [0.15, 0.2) is 0 Å². The molecule has 0 radical (unpaired) electrons. The summed E-state index contributed by atoms with van der Waals surface area (Å²) >= 11 is 0. The van der Waals surface area contributed by atoms with Gasteiger partial charge in [0.2, 0.25) is 0 Å². The molecule has 0 amide bonds. The van der Waals surface area contributed by atoms with Crippen molar-refractivity contribution in [2.75, 3.05) is 5.75 Å². The van der Waals surface area contributed by atoms with Crippen molar-refractivity contribution in [3.8, 4) is 0 Å². The maximum atomic E-state index is 10.2. The summed E-state index contributed by atoms with van der Waals surface area (Å²) in [5, 5.41) is 0. The third-order valence-electron chi connectivity index (χ3n) is 1.38. The summed E-state index contributed by atoms with van der Waals surface area (Å²) in [7, 11) is -2.24. The molecule has 1 rings (SSSR count). The highest BCUT2D eigenvalue weighted by Crippen LogP contribution is 2.08. The second-order valence-electron chi connectivity index (χ2n) is 2.25. The fraction of sp³-hybridized carbons (Fsp3) is 0.429. The van der Waals surface area contributed by atoms with Crippen LogP contribution in [0, 0.1) is 0 Å². The molecule has 0 aliphatic heterocycles. The van der Waals surface area contributed by atoms with E-state index in [4.69, 9.17) is 0 Å². The van der Waals surface area contributed by atoms with E-state index in [2.05, 4.69) is 0 Å². The molecule has 0 atom stereocenters. The van der Waals surface area contributed by atoms with Gasteiger partial charge in [-0.25, -0.2) is 8.42 Å². The molecule has 2 nitrogen and oxygen atoms in total. The molecule has 1 aliphatic rings. The summed E-state index contributed by atoms with van der Waals surface area (Å²) < 4.78 is 20.5. The molecule has 0 aromatic carbocycles. The predicted molar refractivity (Wildman–Crippen MR) is 41.6 cm³/mol. The maximum Gasteiger partial charge on any atom is 0.144 e. The van der Waals surface area contributed by atoms with Crippen molar-refractivity contribution in [2.24, 2.45) is 0 Å². The lowest BCUT2D eigenvalue weighted by molar-refractivity contribution is 0.616. The van der Waals surface area contributed by atoms with Gasteiger partial charge in [0.1, 0.15) is 10.7 Å². The standard InChI is InChI=1S/C7H10O2S/c8-10(9)6-7-4-2-1-3-5-7/h2,4-5,10H,1,3,6H2. The minimum atomic E-state index is -2.24. The average Bonchev–Trinajstić information content (AvgIpc) is 1.88. The van der Waals surface area contributed by atoms with Crippen LogP contribution in [0.5, 0.6) is 0 Å². The predicted octanol–water partition coefficient (Wildman–Crippen LogP) is 0.874. The van der Waals surface area contributed by atoms with Gasteiger partial charge in [-0.3, -0.25) is 0 Å². The van der Waals surface area contributed by atoms with E-state index >= 15 is 0 Å². The van der Waals surface area contributed by atoms with Gasteiger partial charge in [0.25, 0.3) is 0 Å². The average molecular weight is 158 g/mol. The van der Waals surface area contributed by atoms with E-state index in [-0.39, 0.29) is 5.75 Å². The van der Waals surface area contributed by atoms with E-state index in [9.17, 15) is 8.42 Å². The lowest BCUT2D eigenvalue weighted by Gasteiger charge is -2.00. The molecule has 3 heteroatoms. The van der Waals surface area contributed by atoms with Crippen molar-refractivity contribution < 1.29 is 8.42 Å². The van der Waals surface area contributed by atoms with Gasteiger partial charge in [-0.15, -0.1) is 0 Å². The van der Waals surface area contributed by atoms with Crippen molar-refractivity contribution >= 4 is 10.7 Å². The third-order valence-corrected chi connectivity index (χ3v) is 2.01. The zero-order valence-corrected chi connectivity index (χ0v) is 6.51. The van der Waals surface area contributed by atoms with Crippen LogP contribution < -0.4 is 0 Å². The molecule has 0 fully saturated rings. The maximum absolute atomic E-state index is 10.2. The Kier molecular flexibility index (Phi) is 2.68. The minimum Gasteiger partial charge on any atom is -0.232 e. The molecule has 1 aliphatic carbocycles. The molecular weight excluding hydrogens is 148 g/mol. The second-order valence-corrected chi connectivity index (χ2v) is 3.23. The zero-order valence-electron chi connectivity index (χ0n) is 5.62. The number of hydrogen-bond donors (Lipinski definition) is 1. The van der Waals surface area contributed by atoms with Crippen LogP contribution in [0.4, 0.5) is 0 Å². The van der Waals surface area contributed by atoms with Crippen LogP contribution in [0.2, 0.25) is 0 Å². The Bertz CT molecular complexity index is 228. The van der Waals surface area contributed by atoms with E-state index in [1.54, 1.807) is 0 Å². The van der Waals surface area contributed by atoms with E-state index in [0.717, 1.165) is 18.4 Å². The Balaban J connectivity index is 2.56. The Morgan fingerprint density at radius 3 is 2.70 bits per heavy atom.